The van der Waals surface area contributed by atoms with Crippen LogP contribution in [0.1, 0.15) is 17.3 Å². The van der Waals surface area contributed by atoms with Gasteiger partial charge in [-0.1, -0.05) is 23.2 Å². The predicted octanol–water partition coefficient (Wildman–Crippen LogP) is 1.31. The van der Waals surface area contributed by atoms with E-state index in [9.17, 15) is 4.79 Å². The van der Waals surface area contributed by atoms with Crippen LogP contribution in [0.3, 0.4) is 0 Å². The van der Waals surface area contributed by atoms with Gasteiger partial charge in [-0.2, -0.15) is 0 Å². The molecule has 1 heterocycles. The van der Waals surface area contributed by atoms with Crippen LogP contribution in [-0.4, -0.2) is 21.8 Å². The normalized spacial score (nSPS) is 12.6. The molecule has 0 saturated heterocycles. The Morgan fingerprint density at radius 2 is 1.92 bits per heavy atom. The number of hydrogen-bond donors (Lipinski definition) is 1. The first-order valence-electron chi connectivity index (χ1n) is 3.50. The Labute approximate surface area is 85.1 Å². The minimum atomic E-state index is -0.666. The Hall–Kier alpha value is -0.710. The SMILES string of the molecule is CC(N)C(=O)c1c(Cl)ncnc1Cl. The number of carbonyl (C=O) groups is 1. The molecular weight excluding hydrogens is 213 g/mol. The predicted molar refractivity (Wildman–Crippen MR) is 50.0 cm³/mol. The third kappa shape index (κ3) is 2.15. The highest BCUT2D eigenvalue weighted by molar-refractivity contribution is 6.38. The molecule has 1 unspecified atom stereocenters. The van der Waals surface area contributed by atoms with Crippen molar-refractivity contribution in [2.24, 2.45) is 5.73 Å². The van der Waals surface area contributed by atoms with Gasteiger partial charge >= 0.3 is 0 Å². The van der Waals surface area contributed by atoms with Crippen molar-refractivity contribution in [2.45, 2.75) is 13.0 Å². The van der Waals surface area contributed by atoms with Gasteiger partial charge in [0.25, 0.3) is 0 Å². The van der Waals surface area contributed by atoms with Gasteiger partial charge in [-0.3, -0.25) is 4.79 Å². The van der Waals surface area contributed by atoms with Crippen molar-refractivity contribution in [3.05, 3.63) is 22.2 Å². The van der Waals surface area contributed by atoms with Gasteiger partial charge in [0.2, 0.25) is 0 Å². The van der Waals surface area contributed by atoms with Crippen LogP contribution < -0.4 is 5.73 Å². The first-order chi connectivity index (χ1) is 6.04. The summed E-state index contributed by atoms with van der Waals surface area (Å²) in [6.45, 7) is 1.54. The number of aromatic nitrogens is 2. The molecule has 0 aliphatic carbocycles. The van der Waals surface area contributed by atoms with Crippen molar-refractivity contribution in [1.82, 2.24) is 9.97 Å². The fraction of sp³-hybridized carbons (Fsp3) is 0.286. The Morgan fingerprint density at radius 3 is 2.31 bits per heavy atom. The van der Waals surface area contributed by atoms with Crippen molar-refractivity contribution >= 4 is 29.0 Å². The van der Waals surface area contributed by atoms with Crippen LogP contribution in [0.15, 0.2) is 6.33 Å². The van der Waals surface area contributed by atoms with Gasteiger partial charge in [-0.25, -0.2) is 9.97 Å². The first-order valence-corrected chi connectivity index (χ1v) is 4.25. The van der Waals surface area contributed by atoms with Crippen molar-refractivity contribution in [1.29, 1.82) is 0 Å². The number of Topliss-reactive ketones (excluding diaryl/α,β-unsaturated/α-hetero) is 1. The van der Waals surface area contributed by atoms with E-state index in [1.165, 1.54) is 6.33 Å². The quantitative estimate of drug-likeness (QED) is 0.602. The van der Waals surface area contributed by atoms with Crippen LogP contribution >= 0.6 is 23.2 Å². The lowest BCUT2D eigenvalue weighted by atomic mass is 10.1. The summed E-state index contributed by atoms with van der Waals surface area (Å²) in [5, 5.41) is 0.0598. The van der Waals surface area contributed by atoms with E-state index in [-0.39, 0.29) is 21.7 Å². The van der Waals surface area contributed by atoms with E-state index in [2.05, 4.69) is 9.97 Å². The van der Waals surface area contributed by atoms with E-state index >= 15 is 0 Å². The van der Waals surface area contributed by atoms with Crippen molar-refractivity contribution < 1.29 is 4.79 Å². The van der Waals surface area contributed by atoms with E-state index in [0.29, 0.717) is 0 Å². The summed E-state index contributed by atoms with van der Waals surface area (Å²) < 4.78 is 0. The van der Waals surface area contributed by atoms with E-state index < -0.39 is 6.04 Å². The average molecular weight is 220 g/mol. The van der Waals surface area contributed by atoms with Gasteiger partial charge in [-0.15, -0.1) is 0 Å². The number of nitrogens with two attached hydrogens (primary N) is 1. The molecule has 1 aromatic heterocycles. The van der Waals surface area contributed by atoms with Crippen LogP contribution in [0.2, 0.25) is 10.3 Å². The van der Waals surface area contributed by atoms with Gasteiger partial charge in [0.05, 0.1) is 11.6 Å². The second-order valence-electron chi connectivity index (χ2n) is 2.48. The number of rotatable bonds is 2. The molecule has 2 N–H and O–H groups in total. The molecule has 0 fully saturated rings. The van der Waals surface area contributed by atoms with Crippen molar-refractivity contribution in [2.75, 3.05) is 0 Å². The molecule has 0 spiro atoms. The fourth-order valence-corrected chi connectivity index (χ4v) is 1.28. The largest absolute Gasteiger partial charge is 0.321 e. The molecule has 6 heteroatoms. The molecule has 1 atom stereocenters. The number of ketones is 1. The lowest BCUT2D eigenvalue weighted by molar-refractivity contribution is 0.0967. The molecule has 0 aromatic carbocycles. The number of nitrogens with zero attached hydrogens (tertiary/aromatic N) is 2. The minimum absolute atomic E-state index is 0.0299. The number of carbonyl (C=O) groups excluding carboxylic acids is 1. The van der Waals surface area contributed by atoms with Crippen LogP contribution in [0.4, 0.5) is 0 Å². The summed E-state index contributed by atoms with van der Waals surface area (Å²) in [5.74, 6) is -0.365. The highest BCUT2D eigenvalue weighted by atomic mass is 35.5. The molecule has 1 rings (SSSR count). The number of halogens is 2. The van der Waals surface area contributed by atoms with Crippen molar-refractivity contribution in [3.8, 4) is 0 Å². The summed E-state index contributed by atoms with van der Waals surface area (Å²) in [5.41, 5.74) is 5.47. The topological polar surface area (TPSA) is 68.9 Å². The molecular formula is C7H7Cl2N3O. The maximum atomic E-state index is 11.4. The molecule has 0 aliphatic rings. The second kappa shape index (κ2) is 4.00. The maximum Gasteiger partial charge on any atom is 0.185 e. The lowest BCUT2D eigenvalue weighted by Crippen LogP contribution is -2.27. The van der Waals surface area contributed by atoms with E-state index in [1.807, 2.05) is 0 Å². The Balaban J connectivity index is 3.20. The molecule has 70 valence electrons. The molecule has 13 heavy (non-hydrogen) atoms. The molecule has 0 bridgehead atoms. The molecule has 0 aliphatic heterocycles. The smallest absolute Gasteiger partial charge is 0.185 e. The van der Waals surface area contributed by atoms with Gasteiger partial charge < -0.3 is 5.73 Å². The minimum Gasteiger partial charge on any atom is -0.321 e. The summed E-state index contributed by atoms with van der Waals surface area (Å²) in [4.78, 5) is 18.7. The first kappa shape index (κ1) is 10.4. The Bertz CT molecular complexity index is 320. The Morgan fingerprint density at radius 1 is 1.46 bits per heavy atom. The maximum absolute atomic E-state index is 11.4. The van der Waals surface area contributed by atoms with Gasteiger partial charge in [0.1, 0.15) is 16.6 Å². The summed E-state index contributed by atoms with van der Waals surface area (Å²) >= 11 is 11.3. The Kier molecular flexibility index (Phi) is 3.19. The zero-order valence-corrected chi connectivity index (χ0v) is 8.30. The number of hydrogen-bond acceptors (Lipinski definition) is 4. The standard InChI is InChI=1S/C7H7Cl2N3O/c1-3(10)5(13)4-6(8)11-2-12-7(4)9/h2-3H,10H2,1H3. The second-order valence-corrected chi connectivity index (χ2v) is 3.20. The van der Waals surface area contributed by atoms with E-state index in [1.54, 1.807) is 6.92 Å². The monoisotopic (exact) mass is 219 g/mol. The zero-order chi connectivity index (χ0) is 10.0. The fourth-order valence-electron chi connectivity index (χ4n) is 0.775. The summed E-state index contributed by atoms with van der Waals surface area (Å²) in [6.07, 6.45) is 1.18. The highest BCUT2D eigenvalue weighted by Crippen LogP contribution is 2.20. The molecule has 0 saturated carbocycles. The lowest BCUT2D eigenvalue weighted by Gasteiger charge is -2.06. The third-order valence-corrected chi connectivity index (χ3v) is 1.99. The summed E-state index contributed by atoms with van der Waals surface area (Å²) in [7, 11) is 0. The van der Waals surface area contributed by atoms with Crippen LogP contribution in [0, 0.1) is 0 Å². The van der Waals surface area contributed by atoms with E-state index in [4.69, 9.17) is 28.9 Å². The van der Waals surface area contributed by atoms with Gasteiger partial charge in [0, 0.05) is 0 Å². The molecule has 1 aromatic rings. The van der Waals surface area contributed by atoms with Crippen molar-refractivity contribution in [3.63, 3.8) is 0 Å². The average Bonchev–Trinajstić information content (AvgIpc) is 2.03. The van der Waals surface area contributed by atoms with Gasteiger partial charge in [0.15, 0.2) is 5.78 Å². The summed E-state index contributed by atoms with van der Waals surface area (Å²) in [6, 6.07) is -0.666. The highest BCUT2D eigenvalue weighted by Gasteiger charge is 2.19. The van der Waals surface area contributed by atoms with E-state index in [0.717, 1.165) is 0 Å². The van der Waals surface area contributed by atoms with Gasteiger partial charge in [-0.05, 0) is 6.92 Å². The van der Waals surface area contributed by atoms with Crippen LogP contribution in [0.25, 0.3) is 0 Å². The van der Waals surface area contributed by atoms with Crippen LogP contribution in [0.5, 0.6) is 0 Å². The molecule has 4 nitrogen and oxygen atoms in total. The zero-order valence-electron chi connectivity index (χ0n) is 6.79. The molecule has 0 radical (unpaired) electrons. The van der Waals surface area contributed by atoms with Crippen LogP contribution in [-0.2, 0) is 0 Å². The molecule has 0 amide bonds. The third-order valence-electron chi connectivity index (χ3n) is 1.41.